The van der Waals surface area contributed by atoms with Gasteiger partial charge in [0.1, 0.15) is 5.82 Å². The number of imidazole rings is 1. The van der Waals surface area contributed by atoms with Crippen LogP contribution in [0, 0.1) is 11.7 Å². The summed E-state index contributed by atoms with van der Waals surface area (Å²) in [6, 6.07) is 11.3. The molecule has 3 nitrogen and oxygen atoms in total. The molecule has 1 saturated carbocycles. The number of fused-ring (bicyclic) bond motifs is 1. The summed E-state index contributed by atoms with van der Waals surface area (Å²) in [4.78, 5) is 7.31. The fourth-order valence-electron chi connectivity index (χ4n) is 4.02. The van der Waals surface area contributed by atoms with Crippen LogP contribution < -0.4 is 5.32 Å². The molecule has 3 aromatic rings. The lowest BCUT2D eigenvalue weighted by atomic mass is 9.87. The van der Waals surface area contributed by atoms with E-state index in [0.717, 1.165) is 41.2 Å². The Hall–Kier alpha value is -1.62. The van der Waals surface area contributed by atoms with E-state index in [1.54, 1.807) is 12.4 Å². The van der Waals surface area contributed by atoms with Crippen molar-refractivity contribution in [2.45, 2.75) is 45.1 Å². The summed E-state index contributed by atoms with van der Waals surface area (Å²) in [6.07, 6.45) is 9.85. The molecule has 0 bridgehead atoms. The highest BCUT2D eigenvalue weighted by Gasteiger charge is 2.12. The van der Waals surface area contributed by atoms with E-state index in [1.165, 1.54) is 38.5 Å². The number of hydrogen-bond acceptors (Lipinski definition) is 2. The SMILES string of the molecule is Cl.Cl.Fc1cc(CNCCC2CCCCC2)ccc1-c1ccc2[nH]cnc2c1. The van der Waals surface area contributed by atoms with Crippen LogP contribution in [0.15, 0.2) is 42.7 Å². The number of aromatic nitrogens is 2. The quantitative estimate of drug-likeness (QED) is 0.458. The van der Waals surface area contributed by atoms with Gasteiger partial charge in [-0.05, 0) is 48.2 Å². The van der Waals surface area contributed by atoms with E-state index in [-0.39, 0.29) is 30.6 Å². The normalized spacial score (nSPS) is 14.5. The molecule has 2 N–H and O–H groups in total. The molecular formula is C22H28Cl2FN3. The molecule has 0 amide bonds. The maximum atomic E-state index is 14.6. The van der Waals surface area contributed by atoms with Crippen molar-refractivity contribution in [2.75, 3.05) is 6.54 Å². The summed E-state index contributed by atoms with van der Waals surface area (Å²) >= 11 is 0. The van der Waals surface area contributed by atoms with Crippen molar-refractivity contribution >= 4 is 35.8 Å². The minimum atomic E-state index is -0.175. The van der Waals surface area contributed by atoms with Crippen LogP contribution in [-0.4, -0.2) is 16.5 Å². The monoisotopic (exact) mass is 423 g/mol. The number of rotatable bonds is 6. The van der Waals surface area contributed by atoms with Crippen molar-refractivity contribution in [3.05, 3.63) is 54.1 Å². The predicted octanol–water partition coefficient (Wildman–Crippen LogP) is 6.27. The van der Waals surface area contributed by atoms with Crippen molar-refractivity contribution in [3.8, 4) is 11.1 Å². The lowest BCUT2D eigenvalue weighted by Gasteiger charge is -2.21. The van der Waals surface area contributed by atoms with Crippen LogP contribution in [0.3, 0.4) is 0 Å². The van der Waals surface area contributed by atoms with Gasteiger partial charge in [0.15, 0.2) is 0 Å². The Bertz CT molecular complexity index is 875. The van der Waals surface area contributed by atoms with Crippen LogP contribution in [0.5, 0.6) is 0 Å². The second kappa shape index (κ2) is 10.8. The predicted molar refractivity (Wildman–Crippen MR) is 119 cm³/mol. The smallest absolute Gasteiger partial charge is 0.131 e. The largest absolute Gasteiger partial charge is 0.345 e. The van der Waals surface area contributed by atoms with Crippen LogP contribution >= 0.6 is 24.8 Å². The second-order valence-corrected chi connectivity index (χ2v) is 7.42. The molecule has 0 atom stereocenters. The molecule has 1 heterocycles. The molecule has 2 aromatic carbocycles. The molecule has 1 aromatic heterocycles. The van der Waals surface area contributed by atoms with Gasteiger partial charge in [0.25, 0.3) is 0 Å². The first-order valence-electron chi connectivity index (χ1n) is 9.72. The number of benzene rings is 2. The summed E-state index contributed by atoms with van der Waals surface area (Å²) in [5.41, 5.74) is 4.30. The Kier molecular flexibility index (Phi) is 8.74. The zero-order valence-electron chi connectivity index (χ0n) is 15.9. The highest BCUT2D eigenvalue weighted by atomic mass is 35.5. The van der Waals surface area contributed by atoms with E-state index < -0.39 is 0 Å². The molecular weight excluding hydrogens is 396 g/mol. The number of halogens is 3. The average Bonchev–Trinajstić information content (AvgIpc) is 3.14. The van der Waals surface area contributed by atoms with Crippen molar-refractivity contribution < 1.29 is 4.39 Å². The summed E-state index contributed by atoms with van der Waals surface area (Å²) in [5, 5.41) is 3.48. The van der Waals surface area contributed by atoms with E-state index in [4.69, 9.17) is 0 Å². The molecule has 6 heteroatoms. The van der Waals surface area contributed by atoms with Crippen LogP contribution in [0.4, 0.5) is 4.39 Å². The Morgan fingerprint density at radius 2 is 1.86 bits per heavy atom. The molecule has 4 rings (SSSR count). The van der Waals surface area contributed by atoms with Gasteiger partial charge in [0.2, 0.25) is 0 Å². The van der Waals surface area contributed by atoms with Crippen molar-refractivity contribution in [1.82, 2.24) is 15.3 Å². The molecule has 0 radical (unpaired) electrons. The Morgan fingerprint density at radius 3 is 2.64 bits per heavy atom. The molecule has 0 spiro atoms. The molecule has 0 aliphatic heterocycles. The Balaban J connectivity index is 0.00000140. The van der Waals surface area contributed by atoms with Crippen LogP contribution in [0.1, 0.15) is 44.1 Å². The molecule has 0 saturated heterocycles. The molecule has 1 fully saturated rings. The van der Waals surface area contributed by atoms with Gasteiger partial charge >= 0.3 is 0 Å². The van der Waals surface area contributed by atoms with E-state index in [1.807, 2.05) is 30.3 Å². The summed E-state index contributed by atoms with van der Waals surface area (Å²) in [6.45, 7) is 1.74. The van der Waals surface area contributed by atoms with Gasteiger partial charge < -0.3 is 10.3 Å². The fraction of sp³-hybridized carbons (Fsp3) is 0.409. The fourth-order valence-corrected chi connectivity index (χ4v) is 4.02. The van der Waals surface area contributed by atoms with Crippen molar-refractivity contribution in [3.63, 3.8) is 0 Å². The lowest BCUT2D eigenvalue weighted by Crippen LogP contribution is -2.19. The molecule has 28 heavy (non-hydrogen) atoms. The third kappa shape index (κ3) is 5.47. The van der Waals surface area contributed by atoms with Gasteiger partial charge in [-0.15, -0.1) is 24.8 Å². The molecule has 1 aliphatic carbocycles. The van der Waals surface area contributed by atoms with Gasteiger partial charge in [0, 0.05) is 12.1 Å². The Morgan fingerprint density at radius 1 is 1.04 bits per heavy atom. The summed E-state index contributed by atoms with van der Waals surface area (Å²) in [5.74, 6) is 0.707. The zero-order chi connectivity index (χ0) is 17.8. The first kappa shape index (κ1) is 22.7. The van der Waals surface area contributed by atoms with E-state index in [9.17, 15) is 4.39 Å². The standard InChI is InChI=1S/C22H26FN3.2ClH/c23-20-12-17(14-24-11-10-16-4-2-1-3-5-16)6-8-19(20)18-7-9-21-22(13-18)26-15-25-21;;/h6-9,12-13,15-16,24H,1-5,10-11,14H2,(H,25,26);2*1H. The number of aromatic amines is 1. The van der Waals surface area contributed by atoms with E-state index in [2.05, 4.69) is 15.3 Å². The summed E-state index contributed by atoms with van der Waals surface area (Å²) < 4.78 is 14.6. The van der Waals surface area contributed by atoms with Gasteiger partial charge in [-0.1, -0.05) is 50.3 Å². The first-order chi connectivity index (χ1) is 12.8. The highest BCUT2D eigenvalue weighted by molar-refractivity contribution is 5.85. The number of nitrogens with zero attached hydrogens (tertiary/aromatic N) is 1. The van der Waals surface area contributed by atoms with Gasteiger partial charge in [-0.2, -0.15) is 0 Å². The molecule has 152 valence electrons. The van der Waals surface area contributed by atoms with Gasteiger partial charge in [0.05, 0.1) is 17.4 Å². The van der Waals surface area contributed by atoms with Crippen LogP contribution in [-0.2, 0) is 6.54 Å². The van der Waals surface area contributed by atoms with Crippen LogP contribution in [0.25, 0.3) is 22.2 Å². The maximum Gasteiger partial charge on any atom is 0.131 e. The first-order valence-corrected chi connectivity index (χ1v) is 9.72. The minimum absolute atomic E-state index is 0. The molecule has 1 aliphatic rings. The summed E-state index contributed by atoms with van der Waals surface area (Å²) in [7, 11) is 0. The average molecular weight is 424 g/mol. The maximum absolute atomic E-state index is 14.6. The number of nitrogens with one attached hydrogen (secondary N) is 2. The van der Waals surface area contributed by atoms with Gasteiger partial charge in [-0.25, -0.2) is 9.37 Å². The zero-order valence-corrected chi connectivity index (χ0v) is 17.6. The number of H-pyrrole nitrogens is 1. The second-order valence-electron chi connectivity index (χ2n) is 7.42. The third-order valence-corrected chi connectivity index (χ3v) is 5.55. The third-order valence-electron chi connectivity index (χ3n) is 5.55. The minimum Gasteiger partial charge on any atom is -0.345 e. The Labute approximate surface area is 178 Å². The molecule has 0 unspecified atom stereocenters. The van der Waals surface area contributed by atoms with Crippen LogP contribution in [0.2, 0.25) is 0 Å². The van der Waals surface area contributed by atoms with Gasteiger partial charge in [-0.3, -0.25) is 0 Å². The highest BCUT2D eigenvalue weighted by Crippen LogP contribution is 2.27. The number of hydrogen-bond donors (Lipinski definition) is 2. The van der Waals surface area contributed by atoms with E-state index >= 15 is 0 Å². The van der Waals surface area contributed by atoms with E-state index in [0.29, 0.717) is 5.56 Å². The lowest BCUT2D eigenvalue weighted by molar-refractivity contribution is 0.334. The van der Waals surface area contributed by atoms with Crippen molar-refractivity contribution in [2.24, 2.45) is 5.92 Å². The topological polar surface area (TPSA) is 40.7 Å². The van der Waals surface area contributed by atoms with Crippen molar-refractivity contribution in [1.29, 1.82) is 0 Å².